The van der Waals surface area contributed by atoms with Crippen molar-refractivity contribution in [2.24, 2.45) is 0 Å². The van der Waals surface area contributed by atoms with Crippen molar-refractivity contribution in [1.82, 2.24) is 9.97 Å². The average molecular weight is 254 g/mol. The summed E-state index contributed by atoms with van der Waals surface area (Å²) >= 11 is 0. The molecule has 2 aromatic carbocycles. The Labute approximate surface area is 108 Å². The maximum Gasteiger partial charge on any atom is 0.254 e. The van der Waals surface area contributed by atoms with E-state index in [0.29, 0.717) is 5.75 Å². The van der Waals surface area contributed by atoms with Gasteiger partial charge >= 0.3 is 0 Å². The Balaban J connectivity index is 1.99. The zero-order valence-electron chi connectivity index (χ0n) is 9.83. The second-order valence-electron chi connectivity index (χ2n) is 4.04. The van der Waals surface area contributed by atoms with Crippen LogP contribution in [0, 0.1) is 0 Å². The molecule has 0 radical (unpaired) electrons. The molecule has 94 valence electrons. The predicted octanol–water partition coefficient (Wildman–Crippen LogP) is 2.42. The summed E-state index contributed by atoms with van der Waals surface area (Å²) in [4.78, 5) is 17.4. The summed E-state index contributed by atoms with van der Waals surface area (Å²) < 4.78 is 5.49. The van der Waals surface area contributed by atoms with Gasteiger partial charge in [-0.2, -0.15) is 0 Å². The molecular weight excluding hydrogens is 244 g/mol. The number of H-pyrrole nitrogens is 1. The number of phenolic OH excluding ortho intramolecular Hbond substituents is 1. The number of hydrogen-bond acceptors (Lipinski definition) is 4. The van der Waals surface area contributed by atoms with Crippen molar-refractivity contribution >= 4 is 10.8 Å². The average Bonchev–Trinajstić information content (AvgIpc) is 2.38. The van der Waals surface area contributed by atoms with E-state index in [1.165, 1.54) is 12.4 Å². The van der Waals surface area contributed by atoms with Crippen LogP contribution in [-0.2, 0) is 0 Å². The van der Waals surface area contributed by atoms with Crippen LogP contribution in [0.5, 0.6) is 17.4 Å². The van der Waals surface area contributed by atoms with Gasteiger partial charge in [-0.15, -0.1) is 0 Å². The van der Waals surface area contributed by atoms with E-state index >= 15 is 0 Å². The van der Waals surface area contributed by atoms with E-state index in [9.17, 15) is 9.90 Å². The van der Waals surface area contributed by atoms with Crippen LogP contribution in [0.4, 0.5) is 0 Å². The van der Waals surface area contributed by atoms with Gasteiger partial charge in [-0.25, -0.2) is 4.98 Å². The molecule has 0 saturated heterocycles. The number of aromatic nitrogens is 2. The van der Waals surface area contributed by atoms with Crippen LogP contribution < -0.4 is 10.3 Å². The minimum absolute atomic E-state index is 0.193. The van der Waals surface area contributed by atoms with Crippen molar-refractivity contribution in [2.45, 2.75) is 0 Å². The molecule has 0 spiro atoms. The fourth-order valence-corrected chi connectivity index (χ4v) is 1.80. The molecule has 0 aliphatic carbocycles. The fraction of sp³-hybridized carbons (Fsp3) is 0. The predicted molar refractivity (Wildman–Crippen MR) is 70.5 cm³/mol. The Morgan fingerprint density at radius 2 is 1.89 bits per heavy atom. The van der Waals surface area contributed by atoms with Gasteiger partial charge in [0.15, 0.2) is 0 Å². The third-order valence-electron chi connectivity index (χ3n) is 2.67. The number of aromatic amines is 1. The molecule has 0 amide bonds. The highest BCUT2D eigenvalue weighted by atomic mass is 16.5. The lowest BCUT2D eigenvalue weighted by atomic mass is 10.1. The Morgan fingerprint density at radius 1 is 1.05 bits per heavy atom. The monoisotopic (exact) mass is 254 g/mol. The van der Waals surface area contributed by atoms with E-state index in [4.69, 9.17) is 4.74 Å². The normalized spacial score (nSPS) is 10.5. The van der Waals surface area contributed by atoms with E-state index in [1.807, 2.05) is 12.1 Å². The fourth-order valence-electron chi connectivity index (χ4n) is 1.80. The van der Waals surface area contributed by atoms with Gasteiger partial charge in [-0.3, -0.25) is 4.79 Å². The Hall–Kier alpha value is -2.82. The van der Waals surface area contributed by atoms with Crippen molar-refractivity contribution < 1.29 is 9.84 Å². The maximum absolute atomic E-state index is 11.1. The quantitative estimate of drug-likeness (QED) is 0.736. The van der Waals surface area contributed by atoms with Crippen LogP contribution in [-0.4, -0.2) is 15.1 Å². The maximum atomic E-state index is 11.1. The third kappa shape index (κ3) is 2.40. The summed E-state index contributed by atoms with van der Waals surface area (Å²) in [6.45, 7) is 0. The van der Waals surface area contributed by atoms with Gasteiger partial charge < -0.3 is 14.8 Å². The lowest BCUT2D eigenvalue weighted by Crippen LogP contribution is -2.04. The third-order valence-corrected chi connectivity index (χ3v) is 2.67. The lowest BCUT2D eigenvalue weighted by Gasteiger charge is -2.05. The van der Waals surface area contributed by atoms with Gasteiger partial charge in [0.25, 0.3) is 5.56 Å². The molecule has 2 N–H and O–H groups in total. The summed E-state index contributed by atoms with van der Waals surface area (Å²) in [5.41, 5.74) is -0.275. The van der Waals surface area contributed by atoms with Crippen LogP contribution in [0.3, 0.4) is 0 Å². The van der Waals surface area contributed by atoms with Crippen molar-refractivity contribution in [3.63, 3.8) is 0 Å². The molecule has 0 saturated carbocycles. The van der Waals surface area contributed by atoms with E-state index < -0.39 is 0 Å². The lowest BCUT2D eigenvalue weighted by molar-refractivity contribution is 0.461. The first-order valence-corrected chi connectivity index (χ1v) is 5.66. The summed E-state index contributed by atoms with van der Waals surface area (Å²) in [5.74, 6) is 0.971. The Morgan fingerprint density at radius 3 is 2.74 bits per heavy atom. The molecule has 0 aliphatic heterocycles. The highest BCUT2D eigenvalue weighted by Gasteiger charge is 2.02. The van der Waals surface area contributed by atoms with E-state index in [-0.39, 0.29) is 17.2 Å². The molecule has 0 fully saturated rings. The molecule has 0 atom stereocenters. The van der Waals surface area contributed by atoms with E-state index in [1.54, 1.807) is 24.3 Å². The second kappa shape index (κ2) is 4.45. The molecule has 0 unspecified atom stereocenters. The highest BCUT2D eigenvalue weighted by Crippen LogP contribution is 2.26. The SMILES string of the molecule is O=c1cc(Oc2ccc3ccc(O)cc3c2)nc[nH]1. The number of ether oxygens (including phenoxy) is 1. The van der Waals surface area contributed by atoms with Crippen molar-refractivity contribution in [3.05, 3.63) is 59.1 Å². The minimum atomic E-state index is -0.275. The number of aromatic hydroxyl groups is 1. The molecule has 1 aromatic heterocycles. The zero-order valence-corrected chi connectivity index (χ0v) is 9.83. The van der Waals surface area contributed by atoms with Crippen LogP contribution >= 0.6 is 0 Å². The number of fused-ring (bicyclic) bond motifs is 1. The van der Waals surface area contributed by atoms with Gasteiger partial charge in [0.1, 0.15) is 11.5 Å². The molecular formula is C14H10N2O3. The summed E-state index contributed by atoms with van der Waals surface area (Å²) in [6, 6.07) is 11.8. The topological polar surface area (TPSA) is 75.2 Å². The van der Waals surface area contributed by atoms with Crippen molar-refractivity contribution in [3.8, 4) is 17.4 Å². The molecule has 5 nitrogen and oxygen atoms in total. The number of rotatable bonds is 2. The summed E-state index contributed by atoms with van der Waals surface area (Å²) in [7, 11) is 0. The number of hydrogen-bond donors (Lipinski definition) is 2. The number of phenols is 1. The number of benzene rings is 2. The van der Waals surface area contributed by atoms with Crippen LogP contribution in [0.15, 0.2) is 53.6 Å². The van der Waals surface area contributed by atoms with Crippen molar-refractivity contribution in [1.29, 1.82) is 0 Å². The molecule has 5 heteroatoms. The first-order valence-electron chi connectivity index (χ1n) is 5.66. The molecule has 0 aliphatic rings. The van der Waals surface area contributed by atoms with Crippen LogP contribution in [0.2, 0.25) is 0 Å². The first-order chi connectivity index (χ1) is 9.20. The Kier molecular flexibility index (Phi) is 2.64. The first kappa shape index (κ1) is 11.3. The van der Waals surface area contributed by atoms with Gasteiger partial charge in [0.2, 0.25) is 5.88 Å². The van der Waals surface area contributed by atoms with Gasteiger partial charge in [-0.1, -0.05) is 12.1 Å². The minimum Gasteiger partial charge on any atom is -0.508 e. The van der Waals surface area contributed by atoms with Gasteiger partial charge in [0.05, 0.1) is 12.4 Å². The molecule has 3 aromatic rings. The van der Waals surface area contributed by atoms with Crippen LogP contribution in [0.1, 0.15) is 0 Å². The van der Waals surface area contributed by atoms with E-state index in [0.717, 1.165) is 10.8 Å². The summed E-state index contributed by atoms with van der Waals surface area (Å²) in [6.07, 6.45) is 1.28. The van der Waals surface area contributed by atoms with Gasteiger partial charge in [0, 0.05) is 0 Å². The van der Waals surface area contributed by atoms with Crippen molar-refractivity contribution in [2.75, 3.05) is 0 Å². The highest BCUT2D eigenvalue weighted by molar-refractivity contribution is 5.85. The molecule has 19 heavy (non-hydrogen) atoms. The number of nitrogens with zero attached hydrogens (tertiary/aromatic N) is 1. The zero-order chi connectivity index (χ0) is 13.2. The number of nitrogens with one attached hydrogen (secondary N) is 1. The summed E-state index contributed by atoms with van der Waals surface area (Å²) in [5, 5.41) is 11.3. The molecule has 3 rings (SSSR count). The second-order valence-corrected chi connectivity index (χ2v) is 4.04. The Bertz CT molecular complexity index is 796. The molecule has 1 heterocycles. The standard InChI is InChI=1S/C14H10N2O3/c17-11-3-1-9-2-4-12(6-10(9)5-11)19-14-7-13(18)15-8-16-14/h1-8,17H,(H,15,16,18). The van der Waals surface area contributed by atoms with Crippen LogP contribution in [0.25, 0.3) is 10.8 Å². The largest absolute Gasteiger partial charge is 0.508 e. The van der Waals surface area contributed by atoms with Gasteiger partial charge in [-0.05, 0) is 35.0 Å². The molecule has 0 bridgehead atoms. The smallest absolute Gasteiger partial charge is 0.254 e. The van der Waals surface area contributed by atoms with E-state index in [2.05, 4.69) is 9.97 Å².